The van der Waals surface area contributed by atoms with Crippen LogP contribution >= 0.6 is 11.3 Å². The van der Waals surface area contributed by atoms with Gasteiger partial charge in [-0.3, -0.25) is 4.79 Å². The molecular formula is C23H25N5OS. The second kappa shape index (κ2) is 8.33. The number of nitriles is 1. The quantitative estimate of drug-likeness (QED) is 0.529. The van der Waals surface area contributed by atoms with E-state index in [4.69, 9.17) is 11.5 Å². The molecule has 1 aliphatic carbocycles. The van der Waals surface area contributed by atoms with Gasteiger partial charge in [-0.05, 0) is 25.3 Å². The first kappa shape index (κ1) is 20.2. The van der Waals surface area contributed by atoms with Crippen molar-refractivity contribution in [2.24, 2.45) is 0 Å². The van der Waals surface area contributed by atoms with Crippen molar-refractivity contribution in [2.75, 3.05) is 11.5 Å². The summed E-state index contributed by atoms with van der Waals surface area (Å²) in [4.78, 5) is 18.4. The van der Waals surface area contributed by atoms with Gasteiger partial charge in [0, 0.05) is 17.0 Å². The van der Waals surface area contributed by atoms with Gasteiger partial charge in [0.15, 0.2) is 0 Å². The molecule has 5 N–H and O–H groups in total. The van der Waals surface area contributed by atoms with Crippen molar-refractivity contribution >= 4 is 39.0 Å². The molecule has 6 nitrogen and oxygen atoms in total. The van der Waals surface area contributed by atoms with Gasteiger partial charge in [0.05, 0.1) is 5.69 Å². The molecule has 1 amide bonds. The summed E-state index contributed by atoms with van der Waals surface area (Å²) in [5.41, 5.74) is 15.8. The number of hydrogen-bond acceptors (Lipinski definition) is 6. The van der Waals surface area contributed by atoms with Gasteiger partial charge < -0.3 is 16.8 Å². The number of carbonyl (C=O) groups is 1. The van der Waals surface area contributed by atoms with Crippen molar-refractivity contribution in [1.82, 2.24) is 10.3 Å². The Labute approximate surface area is 179 Å². The van der Waals surface area contributed by atoms with Crippen LogP contribution in [0, 0.1) is 18.3 Å². The summed E-state index contributed by atoms with van der Waals surface area (Å²) >= 11 is 1.23. The third-order valence-electron chi connectivity index (χ3n) is 5.75. The summed E-state index contributed by atoms with van der Waals surface area (Å²) in [5.74, 6) is -0.0214. The van der Waals surface area contributed by atoms with Crippen LogP contribution in [0.3, 0.4) is 0 Å². The molecule has 1 saturated carbocycles. The van der Waals surface area contributed by atoms with Gasteiger partial charge in [-0.2, -0.15) is 5.26 Å². The summed E-state index contributed by atoms with van der Waals surface area (Å²) in [5, 5.41) is 13.5. The van der Waals surface area contributed by atoms with E-state index in [2.05, 4.69) is 16.4 Å². The van der Waals surface area contributed by atoms with Gasteiger partial charge in [0.1, 0.15) is 27.2 Å². The van der Waals surface area contributed by atoms with Crippen molar-refractivity contribution in [3.63, 3.8) is 0 Å². The molecule has 1 aliphatic rings. The summed E-state index contributed by atoms with van der Waals surface area (Å²) in [6.07, 6.45) is 6.70. The number of thiophene rings is 1. The summed E-state index contributed by atoms with van der Waals surface area (Å²) in [6.45, 7) is 2.00. The maximum atomic E-state index is 13.0. The van der Waals surface area contributed by atoms with E-state index >= 15 is 0 Å². The zero-order valence-corrected chi connectivity index (χ0v) is 17.8. The number of carbonyl (C=O) groups excluding carboxylic acids is 1. The number of pyridine rings is 1. The van der Waals surface area contributed by atoms with E-state index < -0.39 is 0 Å². The number of nitrogen functional groups attached to an aromatic ring is 2. The molecule has 0 saturated heterocycles. The fraction of sp³-hybridized carbons (Fsp3) is 0.348. The highest BCUT2D eigenvalue weighted by Crippen LogP contribution is 2.42. The molecule has 0 aliphatic heterocycles. The minimum Gasteiger partial charge on any atom is -0.397 e. The van der Waals surface area contributed by atoms with Crippen LogP contribution in [0.1, 0.15) is 59.3 Å². The van der Waals surface area contributed by atoms with Crippen molar-refractivity contribution in [3.05, 3.63) is 40.3 Å². The maximum absolute atomic E-state index is 13.0. The normalized spacial score (nSPS) is 14.9. The summed E-state index contributed by atoms with van der Waals surface area (Å²) in [6, 6.07) is 10.2. The lowest BCUT2D eigenvalue weighted by Gasteiger charge is -2.15. The Morgan fingerprint density at radius 1 is 1.17 bits per heavy atom. The predicted octanol–water partition coefficient (Wildman–Crippen LogP) is 4.76. The third-order valence-corrected chi connectivity index (χ3v) is 6.85. The number of aryl methyl sites for hydroxylation is 1. The SMILES string of the molecule is Cc1ccc(-c2c(C#N)c(N)nc3sc(C(=O)NC4CCCCCC4)c(N)c23)cc1. The predicted molar refractivity (Wildman–Crippen MR) is 122 cm³/mol. The van der Waals surface area contributed by atoms with Crippen molar-refractivity contribution in [2.45, 2.75) is 51.5 Å². The van der Waals surface area contributed by atoms with Crippen LogP contribution in [0.5, 0.6) is 0 Å². The standard InChI is InChI=1S/C23H25N5OS/c1-13-8-10-14(11-9-13)17-16(12-24)21(26)28-23-18(17)19(25)20(30-23)22(29)27-15-6-4-2-3-5-7-15/h8-11,15H,2-7,25H2,1H3,(H2,26,28)(H,27,29). The topological polar surface area (TPSA) is 118 Å². The third kappa shape index (κ3) is 3.71. The first-order valence-electron chi connectivity index (χ1n) is 10.3. The lowest BCUT2D eigenvalue weighted by molar-refractivity contribution is 0.0938. The van der Waals surface area contributed by atoms with Crippen molar-refractivity contribution in [1.29, 1.82) is 5.26 Å². The molecule has 2 aromatic heterocycles. The second-order valence-corrected chi connectivity index (χ2v) is 8.91. The largest absolute Gasteiger partial charge is 0.397 e. The van der Waals surface area contributed by atoms with Crippen molar-refractivity contribution in [3.8, 4) is 17.2 Å². The highest BCUT2D eigenvalue weighted by molar-refractivity contribution is 7.21. The highest BCUT2D eigenvalue weighted by Gasteiger charge is 2.25. The number of hydrogen-bond donors (Lipinski definition) is 3. The molecule has 1 aromatic carbocycles. The Morgan fingerprint density at radius 3 is 2.47 bits per heavy atom. The molecule has 7 heteroatoms. The lowest BCUT2D eigenvalue weighted by Crippen LogP contribution is -2.34. The smallest absolute Gasteiger partial charge is 0.263 e. The average molecular weight is 420 g/mol. The van der Waals surface area contributed by atoms with Crippen LogP contribution < -0.4 is 16.8 Å². The Hall–Kier alpha value is -3.11. The van der Waals surface area contributed by atoms with Crippen LogP contribution in [0.25, 0.3) is 21.3 Å². The van der Waals surface area contributed by atoms with Crippen LogP contribution in [0.15, 0.2) is 24.3 Å². The molecule has 3 aromatic rings. The van der Waals surface area contributed by atoms with E-state index in [9.17, 15) is 10.1 Å². The fourth-order valence-electron chi connectivity index (χ4n) is 4.14. The Bertz CT molecular complexity index is 1140. The Morgan fingerprint density at radius 2 is 1.83 bits per heavy atom. The first-order chi connectivity index (χ1) is 14.5. The first-order valence-corrected chi connectivity index (χ1v) is 11.1. The zero-order valence-electron chi connectivity index (χ0n) is 17.0. The number of nitrogens with one attached hydrogen (secondary N) is 1. The molecular weight excluding hydrogens is 394 g/mol. The molecule has 0 radical (unpaired) electrons. The van der Waals surface area contributed by atoms with Crippen LogP contribution in [0.4, 0.5) is 11.5 Å². The fourth-order valence-corrected chi connectivity index (χ4v) is 5.15. The average Bonchev–Trinajstić information content (AvgIpc) is 2.89. The second-order valence-electron chi connectivity index (χ2n) is 7.91. The molecule has 0 unspecified atom stereocenters. The monoisotopic (exact) mass is 419 g/mol. The number of aromatic nitrogens is 1. The van der Waals surface area contributed by atoms with E-state index in [1.807, 2.05) is 31.2 Å². The van der Waals surface area contributed by atoms with Gasteiger partial charge in [-0.25, -0.2) is 4.98 Å². The summed E-state index contributed by atoms with van der Waals surface area (Å²) in [7, 11) is 0. The molecule has 30 heavy (non-hydrogen) atoms. The van der Waals surface area contributed by atoms with E-state index in [0.29, 0.717) is 26.3 Å². The summed E-state index contributed by atoms with van der Waals surface area (Å²) < 4.78 is 0. The number of fused-ring (bicyclic) bond motifs is 1. The van der Waals surface area contributed by atoms with E-state index in [1.54, 1.807) is 0 Å². The maximum Gasteiger partial charge on any atom is 0.263 e. The van der Waals surface area contributed by atoms with E-state index in [0.717, 1.165) is 36.8 Å². The number of nitrogens with zero attached hydrogens (tertiary/aromatic N) is 2. The van der Waals surface area contributed by atoms with Gasteiger partial charge in [-0.15, -0.1) is 11.3 Å². The Kier molecular flexibility index (Phi) is 5.60. The minimum atomic E-state index is -0.172. The minimum absolute atomic E-state index is 0.151. The number of amides is 1. The molecule has 0 atom stereocenters. The van der Waals surface area contributed by atoms with E-state index in [-0.39, 0.29) is 23.3 Å². The Balaban J connectivity index is 1.81. The number of benzene rings is 1. The molecule has 4 rings (SSSR count). The van der Waals surface area contributed by atoms with Gasteiger partial charge in [-0.1, -0.05) is 55.5 Å². The lowest BCUT2D eigenvalue weighted by atomic mass is 9.96. The molecule has 0 bridgehead atoms. The molecule has 154 valence electrons. The van der Waals surface area contributed by atoms with E-state index in [1.165, 1.54) is 24.2 Å². The zero-order chi connectivity index (χ0) is 21.3. The molecule has 0 spiro atoms. The number of anilines is 2. The van der Waals surface area contributed by atoms with Gasteiger partial charge in [0.2, 0.25) is 0 Å². The van der Waals surface area contributed by atoms with Crippen LogP contribution in [-0.4, -0.2) is 16.9 Å². The van der Waals surface area contributed by atoms with Crippen molar-refractivity contribution < 1.29 is 4.79 Å². The number of rotatable bonds is 3. The van der Waals surface area contributed by atoms with Crippen LogP contribution in [0.2, 0.25) is 0 Å². The van der Waals surface area contributed by atoms with Crippen LogP contribution in [-0.2, 0) is 0 Å². The molecule has 1 fully saturated rings. The van der Waals surface area contributed by atoms with Gasteiger partial charge >= 0.3 is 0 Å². The molecule has 2 heterocycles. The highest BCUT2D eigenvalue weighted by atomic mass is 32.1. The van der Waals surface area contributed by atoms with Gasteiger partial charge in [0.25, 0.3) is 5.91 Å². The number of nitrogens with two attached hydrogens (primary N) is 2.